The Balaban J connectivity index is 0.00000192. The first-order valence-electron chi connectivity index (χ1n) is 7.93. The molecule has 126 valence electrons. The van der Waals surface area contributed by atoms with Crippen LogP contribution in [-0.2, 0) is 11.3 Å². The first-order chi connectivity index (χ1) is 10.8. The van der Waals surface area contributed by atoms with Crippen molar-refractivity contribution in [1.29, 1.82) is 5.26 Å². The Morgan fingerprint density at radius 2 is 2.00 bits per heavy atom. The number of morpholine rings is 1. The van der Waals surface area contributed by atoms with Crippen LogP contribution in [0.2, 0.25) is 0 Å². The van der Waals surface area contributed by atoms with Crippen molar-refractivity contribution in [3.05, 3.63) is 35.4 Å². The van der Waals surface area contributed by atoms with E-state index in [1.165, 1.54) is 23.5 Å². The summed E-state index contributed by atoms with van der Waals surface area (Å²) < 4.78 is 5.50. The molecule has 4 nitrogen and oxygen atoms in total. The maximum Gasteiger partial charge on any atom is 0.0991 e. The first kappa shape index (κ1) is 18.6. The zero-order chi connectivity index (χ0) is 15.3. The summed E-state index contributed by atoms with van der Waals surface area (Å²) in [5, 5.41) is 12.5. The molecule has 3 rings (SSSR count). The SMILES string of the molecule is Cl.N#Cc1ccc(CNCC2(N3CCOCC3)CCSC2)cc1. The number of halogens is 1. The maximum atomic E-state index is 8.84. The quantitative estimate of drug-likeness (QED) is 0.880. The fourth-order valence-electron chi connectivity index (χ4n) is 3.27. The molecule has 0 aromatic heterocycles. The van der Waals surface area contributed by atoms with E-state index in [0.29, 0.717) is 5.54 Å². The van der Waals surface area contributed by atoms with Crippen molar-refractivity contribution >= 4 is 24.2 Å². The van der Waals surface area contributed by atoms with Crippen LogP contribution < -0.4 is 5.32 Å². The number of nitrogens with zero attached hydrogens (tertiary/aromatic N) is 2. The number of thioether (sulfide) groups is 1. The van der Waals surface area contributed by atoms with Gasteiger partial charge < -0.3 is 10.1 Å². The highest BCUT2D eigenvalue weighted by Gasteiger charge is 2.40. The topological polar surface area (TPSA) is 48.3 Å². The van der Waals surface area contributed by atoms with Gasteiger partial charge in [-0.1, -0.05) is 12.1 Å². The molecule has 1 aromatic rings. The molecular formula is C17H24ClN3OS. The third kappa shape index (κ3) is 4.62. The predicted molar refractivity (Wildman–Crippen MR) is 97.2 cm³/mol. The second-order valence-electron chi connectivity index (χ2n) is 6.04. The fraction of sp³-hybridized carbons (Fsp3) is 0.588. The molecule has 0 aliphatic carbocycles. The minimum Gasteiger partial charge on any atom is -0.379 e. The highest BCUT2D eigenvalue weighted by Crippen LogP contribution is 2.33. The Labute approximate surface area is 149 Å². The Bertz CT molecular complexity index is 520. The Morgan fingerprint density at radius 1 is 1.26 bits per heavy atom. The molecule has 0 spiro atoms. The van der Waals surface area contributed by atoms with Gasteiger partial charge in [-0.25, -0.2) is 0 Å². The smallest absolute Gasteiger partial charge is 0.0991 e. The van der Waals surface area contributed by atoms with Gasteiger partial charge in [0.05, 0.1) is 24.8 Å². The lowest BCUT2D eigenvalue weighted by atomic mass is 9.95. The average Bonchev–Trinajstić information content (AvgIpc) is 3.06. The van der Waals surface area contributed by atoms with Crippen LogP contribution in [0.4, 0.5) is 0 Å². The first-order valence-corrected chi connectivity index (χ1v) is 9.08. The number of hydrogen-bond donors (Lipinski definition) is 1. The van der Waals surface area contributed by atoms with Gasteiger partial charge in [0.2, 0.25) is 0 Å². The summed E-state index contributed by atoms with van der Waals surface area (Å²) in [7, 11) is 0. The van der Waals surface area contributed by atoms with E-state index in [1.807, 2.05) is 24.3 Å². The van der Waals surface area contributed by atoms with Crippen LogP contribution >= 0.6 is 24.2 Å². The Hall–Kier alpha value is -0.770. The molecule has 1 atom stereocenters. The molecule has 0 bridgehead atoms. The van der Waals surface area contributed by atoms with E-state index >= 15 is 0 Å². The van der Waals surface area contributed by atoms with Gasteiger partial charge in [-0.3, -0.25) is 4.90 Å². The number of hydrogen-bond acceptors (Lipinski definition) is 5. The molecule has 2 heterocycles. The maximum absolute atomic E-state index is 8.84. The van der Waals surface area contributed by atoms with Crippen molar-refractivity contribution in [3.8, 4) is 6.07 Å². The van der Waals surface area contributed by atoms with Crippen molar-refractivity contribution in [2.45, 2.75) is 18.5 Å². The van der Waals surface area contributed by atoms with Crippen LogP contribution in [0, 0.1) is 11.3 Å². The van der Waals surface area contributed by atoms with Gasteiger partial charge in [0.25, 0.3) is 0 Å². The highest BCUT2D eigenvalue weighted by atomic mass is 35.5. The van der Waals surface area contributed by atoms with Crippen molar-refractivity contribution in [2.24, 2.45) is 0 Å². The molecule has 0 saturated carbocycles. The molecule has 2 saturated heterocycles. The second-order valence-corrected chi connectivity index (χ2v) is 7.14. The van der Waals surface area contributed by atoms with Crippen LogP contribution in [0.15, 0.2) is 24.3 Å². The van der Waals surface area contributed by atoms with E-state index in [4.69, 9.17) is 10.00 Å². The van der Waals surface area contributed by atoms with E-state index in [1.54, 1.807) is 0 Å². The molecule has 0 amide bonds. The van der Waals surface area contributed by atoms with Gasteiger partial charge in [-0.2, -0.15) is 17.0 Å². The minimum absolute atomic E-state index is 0. The molecule has 2 aliphatic heterocycles. The summed E-state index contributed by atoms with van der Waals surface area (Å²) >= 11 is 2.07. The third-order valence-corrected chi connectivity index (χ3v) is 5.86. The van der Waals surface area contributed by atoms with Gasteiger partial charge in [0.15, 0.2) is 0 Å². The highest BCUT2D eigenvalue weighted by molar-refractivity contribution is 7.99. The van der Waals surface area contributed by atoms with Crippen LogP contribution in [0.3, 0.4) is 0 Å². The monoisotopic (exact) mass is 353 g/mol. The second kappa shape index (κ2) is 8.91. The summed E-state index contributed by atoms with van der Waals surface area (Å²) in [6.07, 6.45) is 1.26. The van der Waals surface area contributed by atoms with Crippen molar-refractivity contribution in [1.82, 2.24) is 10.2 Å². The summed E-state index contributed by atoms with van der Waals surface area (Å²) in [5.41, 5.74) is 2.25. The molecule has 1 N–H and O–H groups in total. The number of rotatable bonds is 5. The molecule has 2 aliphatic rings. The van der Waals surface area contributed by atoms with E-state index in [0.717, 1.165) is 45.0 Å². The zero-order valence-corrected chi connectivity index (χ0v) is 14.9. The lowest BCUT2D eigenvalue weighted by Crippen LogP contribution is -2.58. The van der Waals surface area contributed by atoms with Crippen molar-refractivity contribution < 1.29 is 4.74 Å². The van der Waals surface area contributed by atoms with Crippen LogP contribution in [0.25, 0.3) is 0 Å². The van der Waals surface area contributed by atoms with Crippen molar-refractivity contribution in [3.63, 3.8) is 0 Å². The fourth-order valence-corrected chi connectivity index (χ4v) is 4.75. The van der Waals surface area contributed by atoms with Gasteiger partial charge in [0.1, 0.15) is 0 Å². The molecule has 2 fully saturated rings. The van der Waals surface area contributed by atoms with Crippen LogP contribution in [0.5, 0.6) is 0 Å². The molecule has 1 unspecified atom stereocenters. The minimum atomic E-state index is 0. The summed E-state index contributed by atoms with van der Waals surface area (Å²) in [6, 6.07) is 10.0. The summed E-state index contributed by atoms with van der Waals surface area (Å²) in [6.45, 7) is 5.73. The largest absolute Gasteiger partial charge is 0.379 e. The number of nitriles is 1. The molecule has 1 aromatic carbocycles. The van der Waals surface area contributed by atoms with E-state index in [2.05, 4.69) is 28.0 Å². The lowest BCUT2D eigenvalue weighted by Gasteiger charge is -2.43. The number of nitrogens with one attached hydrogen (secondary N) is 1. The molecule has 6 heteroatoms. The third-order valence-electron chi connectivity index (χ3n) is 4.63. The molecule has 23 heavy (non-hydrogen) atoms. The zero-order valence-electron chi connectivity index (χ0n) is 13.3. The van der Waals surface area contributed by atoms with E-state index < -0.39 is 0 Å². The van der Waals surface area contributed by atoms with Gasteiger partial charge >= 0.3 is 0 Å². The van der Waals surface area contributed by atoms with Crippen LogP contribution in [0.1, 0.15) is 17.5 Å². The van der Waals surface area contributed by atoms with Crippen molar-refractivity contribution in [2.75, 3.05) is 44.4 Å². The van der Waals surface area contributed by atoms with Gasteiger partial charge in [0, 0.05) is 37.5 Å². The van der Waals surface area contributed by atoms with E-state index in [-0.39, 0.29) is 12.4 Å². The summed E-state index contributed by atoms with van der Waals surface area (Å²) in [4.78, 5) is 2.63. The van der Waals surface area contributed by atoms with Gasteiger partial charge in [-0.05, 0) is 29.9 Å². The number of ether oxygens (including phenoxy) is 1. The van der Waals surface area contributed by atoms with Crippen LogP contribution in [-0.4, -0.2) is 54.8 Å². The molecule has 0 radical (unpaired) electrons. The van der Waals surface area contributed by atoms with Gasteiger partial charge in [-0.15, -0.1) is 12.4 Å². The average molecular weight is 354 g/mol. The number of benzene rings is 1. The Kier molecular flexibility index (Phi) is 7.19. The Morgan fingerprint density at radius 3 is 2.61 bits per heavy atom. The molecular weight excluding hydrogens is 330 g/mol. The standard InChI is InChI=1S/C17H23N3OS.ClH/c18-11-15-1-3-16(4-2-15)12-19-13-17(5-10-22-14-17)20-6-8-21-9-7-20;/h1-4,19H,5-10,12-14H2;1H. The lowest BCUT2D eigenvalue weighted by molar-refractivity contribution is -0.0134. The van der Waals surface area contributed by atoms with E-state index in [9.17, 15) is 0 Å². The summed E-state index contributed by atoms with van der Waals surface area (Å²) in [5.74, 6) is 2.48. The normalized spacial score (nSPS) is 24.8. The predicted octanol–water partition coefficient (Wildman–Crippen LogP) is 2.28.